The van der Waals surface area contributed by atoms with Crippen LogP contribution in [0, 0.1) is 0 Å². The van der Waals surface area contributed by atoms with Gasteiger partial charge in [-0.3, -0.25) is 0 Å². The van der Waals surface area contributed by atoms with E-state index in [-0.39, 0.29) is 6.42 Å². The zero-order valence-electron chi connectivity index (χ0n) is 10.1. The number of methoxy groups -OCH3 is 2. The van der Waals surface area contributed by atoms with Crippen molar-refractivity contribution in [3.8, 4) is 0 Å². The van der Waals surface area contributed by atoms with Crippen molar-refractivity contribution in [2.45, 2.75) is 12.5 Å². The third kappa shape index (κ3) is 4.25. The molecule has 1 amide bonds. The highest BCUT2D eigenvalue weighted by molar-refractivity contribution is 6.30. The van der Waals surface area contributed by atoms with Crippen LogP contribution >= 0.6 is 11.6 Å². The Hall–Kier alpha value is -1.75. The van der Waals surface area contributed by atoms with E-state index in [0.29, 0.717) is 5.02 Å². The minimum Gasteiger partial charge on any atom is -0.467 e. The second kappa shape index (κ2) is 6.86. The fourth-order valence-corrected chi connectivity index (χ4v) is 1.65. The van der Waals surface area contributed by atoms with Crippen molar-refractivity contribution in [1.82, 2.24) is 5.32 Å². The topological polar surface area (TPSA) is 64.6 Å². The lowest BCUT2D eigenvalue weighted by molar-refractivity contribution is -0.142. The van der Waals surface area contributed by atoms with Crippen LogP contribution < -0.4 is 5.32 Å². The Kier molecular flexibility index (Phi) is 5.45. The van der Waals surface area contributed by atoms with E-state index in [4.69, 9.17) is 11.6 Å². The molecular formula is C12H14ClNO4. The molecule has 1 aromatic carbocycles. The van der Waals surface area contributed by atoms with Gasteiger partial charge in [0.1, 0.15) is 6.04 Å². The van der Waals surface area contributed by atoms with E-state index in [2.05, 4.69) is 14.8 Å². The molecule has 98 valence electrons. The van der Waals surface area contributed by atoms with Gasteiger partial charge in [0, 0.05) is 11.4 Å². The van der Waals surface area contributed by atoms with Gasteiger partial charge < -0.3 is 14.8 Å². The number of carbonyl (C=O) groups excluding carboxylic acids is 2. The maximum absolute atomic E-state index is 11.5. The smallest absolute Gasteiger partial charge is 0.407 e. The fraction of sp³-hybridized carbons (Fsp3) is 0.333. The molecule has 0 spiro atoms. The summed E-state index contributed by atoms with van der Waals surface area (Å²) in [4.78, 5) is 22.7. The molecule has 0 aliphatic heterocycles. The highest BCUT2D eigenvalue weighted by atomic mass is 35.5. The fourth-order valence-electron chi connectivity index (χ4n) is 1.44. The Labute approximate surface area is 110 Å². The number of ether oxygens (including phenoxy) is 2. The van der Waals surface area contributed by atoms with Gasteiger partial charge in [0.2, 0.25) is 0 Å². The van der Waals surface area contributed by atoms with Gasteiger partial charge in [-0.1, -0.05) is 23.7 Å². The largest absolute Gasteiger partial charge is 0.467 e. The average molecular weight is 272 g/mol. The molecule has 1 aromatic rings. The summed E-state index contributed by atoms with van der Waals surface area (Å²) in [6.45, 7) is 0. The van der Waals surface area contributed by atoms with E-state index < -0.39 is 18.1 Å². The van der Waals surface area contributed by atoms with Gasteiger partial charge in [-0.05, 0) is 17.7 Å². The number of benzene rings is 1. The van der Waals surface area contributed by atoms with Crippen molar-refractivity contribution in [2.24, 2.45) is 0 Å². The molecule has 1 N–H and O–H groups in total. The van der Waals surface area contributed by atoms with Crippen molar-refractivity contribution >= 4 is 23.7 Å². The predicted molar refractivity (Wildman–Crippen MR) is 66.5 cm³/mol. The van der Waals surface area contributed by atoms with E-state index in [1.165, 1.54) is 14.2 Å². The van der Waals surface area contributed by atoms with Crippen LogP contribution in [0.1, 0.15) is 5.56 Å². The molecule has 0 fully saturated rings. The van der Waals surface area contributed by atoms with Crippen LogP contribution in [0.15, 0.2) is 24.3 Å². The molecule has 6 heteroatoms. The highest BCUT2D eigenvalue weighted by Gasteiger charge is 2.22. The third-order valence-corrected chi connectivity index (χ3v) is 2.53. The lowest BCUT2D eigenvalue weighted by atomic mass is 10.1. The van der Waals surface area contributed by atoms with Crippen LogP contribution in [-0.2, 0) is 20.7 Å². The first-order valence-corrected chi connectivity index (χ1v) is 5.61. The van der Waals surface area contributed by atoms with Crippen LogP contribution in [0.25, 0.3) is 0 Å². The lowest BCUT2D eigenvalue weighted by Crippen LogP contribution is -2.42. The van der Waals surface area contributed by atoms with Gasteiger partial charge in [-0.25, -0.2) is 9.59 Å². The van der Waals surface area contributed by atoms with E-state index >= 15 is 0 Å². The molecule has 1 atom stereocenters. The summed E-state index contributed by atoms with van der Waals surface area (Å²) >= 11 is 5.85. The Morgan fingerprint density at radius 3 is 2.61 bits per heavy atom. The van der Waals surface area contributed by atoms with Crippen molar-refractivity contribution in [2.75, 3.05) is 14.2 Å². The summed E-state index contributed by atoms with van der Waals surface area (Å²) in [7, 11) is 2.48. The number of carbonyl (C=O) groups is 2. The van der Waals surface area contributed by atoms with Gasteiger partial charge in [0.05, 0.1) is 14.2 Å². The van der Waals surface area contributed by atoms with Crippen LogP contribution in [0.5, 0.6) is 0 Å². The zero-order valence-corrected chi connectivity index (χ0v) is 10.9. The summed E-state index contributed by atoms with van der Waals surface area (Å²) < 4.78 is 9.07. The Morgan fingerprint density at radius 2 is 2.06 bits per heavy atom. The summed E-state index contributed by atoms with van der Waals surface area (Å²) in [6.07, 6.45) is -0.407. The molecular weight excluding hydrogens is 258 g/mol. The monoisotopic (exact) mass is 271 g/mol. The Bertz CT molecular complexity index is 436. The molecule has 1 rings (SSSR count). The molecule has 0 heterocycles. The maximum atomic E-state index is 11.5. The number of rotatable bonds is 4. The zero-order chi connectivity index (χ0) is 13.5. The number of nitrogens with one attached hydrogen (secondary N) is 1. The lowest BCUT2D eigenvalue weighted by Gasteiger charge is -2.15. The predicted octanol–water partition coefficient (Wildman–Crippen LogP) is 1.78. The van der Waals surface area contributed by atoms with E-state index in [1.54, 1.807) is 24.3 Å². The van der Waals surface area contributed by atoms with Crippen LogP contribution in [-0.4, -0.2) is 32.3 Å². The van der Waals surface area contributed by atoms with E-state index in [9.17, 15) is 9.59 Å². The Morgan fingerprint density at radius 1 is 1.33 bits per heavy atom. The molecule has 0 saturated carbocycles. The number of hydrogen-bond donors (Lipinski definition) is 1. The van der Waals surface area contributed by atoms with Gasteiger partial charge in [-0.2, -0.15) is 0 Å². The summed E-state index contributed by atoms with van der Waals surface area (Å²) in [5.74, 6) is -0.541. The van der Waals surface area contributed by atoms with Crippen LogP contribution in [0.2, 0.25) is 5.02 Å². The second-order valence-electron chi connectivity index (χ2n) is 3.55. The normalized spacial score (nSPS) is 11.5. The van der Waals surface area contributed by atoms with E-state index in [0.717, 1.165) is 5.56 Å². The molecule has 18 heavy (non-hydrogen) atoms. The molecule has 5 nitrogen and oxygen atoms in total. The van der Waals surface area contributed by atoms with E-state index in [1.807, 2.05) is 0 Å². The molecule has 0 saturated heterocycles. The SMILES string of the molecule is COC(=O)N[C@H](Cc1cccc(Cl)c1)C(=O)OC. The number of esters is 1. The standard InChI is InChI=1S/C12H14ClNO4/c1-17-11(15)10(14-12(16)18-2)7-8-4-3-5-9(13)6-8/h3-6,10H,7H2,1-2H3,(H,14,16)/t10-/m1/s1. The third-order valence-electron chi connectivity index (χ3n) is 2.29. The Balaban J connectivity index is 2.78. The average Bonchev–Trinajstić information content (AvgIpc) is 2.36. The highest BCUT2D eigenvalue weighted by Crippen LogP contribution is 2.12. The second-order valence-corrected chi connectivity index (χ2v) is 3.98. The number of amides is 1. The minimum absolute atomic E-state index is 0.280. The first-order chi connectivity index (χ1) is 8.56. The van der Waals surface area contributed by atoms with Gasteiger partial charge >= 0.3 is 12.1 Å². The first kappa shape index (κ1) is 14.3. The molecule has 0 unspecified atom stereocenters. The van der Waals surface area contributed by atoms with Crippen molar-refractivity contribution in [3.05, 3.63) is 34.9 Å². The summed E-state index contributed by atoms with van der Waals surface area (Å²) in [5, 5.41) is 2.97. The van der Waals surface area contributed by atoms with Crippen molar-refractivity contribution in [3.63, 3.8) is 0 Å². The number of alkyl carbamates (subject to hydrolysis) is 1. The molecule has 0 aliphatic rings. The van der Waals surface area contributed by atoms with Gasteiger partial charge in [0.15, 0.2) is 0 Å². The van der Waals surface area contributed by atoms with Crippen LogP contribution in [0.4, 0.5) is 4.79 Å². The molecule has 0 bridgehead atoms. The summed E-state index contributed by atoms with van der Waals surface area (Å²) in [5.41, 5.74) is 0.814. The van der Waals surface area contributed by atoms with Crippen molar-refractivity contribution < 1.29 is 19.1 Å². The molecule has 0 aromatic heterocycles. The van der Waals surface area contributed by atoms with Crippen LogP contribution in [0.3, 0.4) is 0 Å². The molecule has 0 aliphatic carbocycles. The van der Waals surface area contributed by atoms with Gasteiger partial charge in [0.25, 0.3) is 0 Å². The van der Waals surface area contributed by atoms with Gasteiger partial charge in [-0.15, -0.1) is 0 Å². The first-order valence-electron chi connectivity index (χ1n) is 5.23. The maximum Gasteiger partial charge on any atom is 0.407 e. The number of halogens is 1. The minimum atomic E-state index is -0.805. The summed E-state index contributed by atoms with van der Waals surface area (Å²) in [6, 6.07) is 6.22. The quantitative estimate of drug-likeness (QED) is 0.848. The van der Waals surface area contributed by atoms with Crippen molar-refractivity contribution in [1.29, 1.82) is 0 Å². The number of hydrogen-bond acceptors (Lipinski definition) is 4. The molecule has 0 radical (unpaired) electrons.